The van der Waals surface area contributed by atoms with E-state index in [0.29, 0.717) is 28.5 Å². The van der Waals surface area contributed by atoms with E-state index in [1.807, 2.05) is 0 Å². The monoisotopic (exact) mass is 756 g/mol. The van der Waals surface area contributed by atoms with Gasteiger partial charge in [0.05, 0.1) is 42.2 Å². The van der Waals surface area contributed by atoms with Crippen molar-refractivity contribution in [3.63, 3.8) is 0 Å². The van der Waals surface area contributed by atoms with Crippen molar-refractivity contribution in [2.45, 2.75) is 43.4 Å². The lowest BCUT2D eigenvalue weighted by molar-refractivity contribution is -0.144. The minimum absolute atomic E-state index is 0.0131. The van der Waals surface area contributed by atoms with Gasteiger partial charge in [-0.05, 0) is 67.8 Å². The van der Waals surface area contributed by atoms with E-state index in [1.165, 1.54) is 11.8 Å². The molecule has 1 heterocycles. The van der Waals surface area contributed by atoms with Crippen LogP contribution in [0.5, 0.6) is 0 Å². The number of thioether (sulfide) groups is 1. The molecule has 0 radical (unpaired) electrons. The Labute approximate surface area is 307 Å². The molecule has 53 heavy (non-hydrogen) atoms. The molecule has 2 unspecified atom stereocenters. The number of likely N-dealkylation sites (tertiary alicyclic amines) is 1. The first-order valence-corrected chi connectivity index (χ1v) is 17.3. The maximum atomic E-state index is 12.4. The highest BCUT2D eigenvalue weighted by atomic mass is 32.2. The summed E-state index contributed by atoms with van der Waals surface area (Å²) in [5.74, 6) is -6.38. The first-order chi connectivity index (χ1) is 25.2. The molecule has 3 atom stereocenters. The molecule has 284 valence electrons. The van der Waals surface area contributed by atoms with Gasteiger partial charge in [-0.2, -0.15) is 10.2 Å². The van der Waals surface area contributed by atoms with Gasteiger partial charge in [-0.1, -0.05) is 0 Å². The Morgan fingerprint density at radius 1 is 0.811 bits per heavy atom. The number of anilines is 2. The number of azo groups is 1. The van der Waals surface area contributed by atoms with E-state index in [2.05, 4.69) is 31.5 Å². The summed E-state index contributed by atoms with van der Waals surface area (Å²) < 4.78 is 0. The van der Waals surface area contributed by atoms with Crippen LogP contribution in [0.2, 0.25) is 0 Å². The Balaban J connectivity index is 1.34. The SMILES string of the molecule is N[C@@H](CC(CCCC(=O)NCC(=O)NCC(=O)Nc1ccc(N=Nc2ccc(NC(=O)CN3C(=O)CC(SCCO)C3=O)cc2)cc1)C(=O)O)C(=O)O. The average molecular weight is 757 g/mol. The van der Waals surface area contributed by atoms with Crippen molar-refractivity contribution in [1.29, 1.82) is 0 Å². The molecular formula is C33H40N8O11S. The topological polar surface area (TPSA) is 299 Å². The number of aliphatic carboxylic acids is 2. The molecule has 0 aromatic heterocycles. The quantitative estimate of drug-likeness (QED) is 0.0645. The van der Waals surface area contributed by atoms with Crippen LogP contribution in [0.15, 0.2) is 58.8 Å². The molecule has 1 aliphatic rings. The zero-order valence-corrected chi connectivity index (χ0v) is 29.2. The third-order valence-electron chi connectivity index (χ3n) is 7.55. The molecule has 1 fully saturated rings. The summed E-state index contributed by atoms with van der Waals surface area (Å²) in [6.07, 6.45) is -0.216. The zero-order chi connectivity index (χ0) is 38.9. The minimum atomic E-state index is -1.33. The van der Waals surface area contributed by atoms with Crippen molar-refractivity contribution >= 4 is 81.9 Å². The number of hydrogen-bond donors (Lipinski definition) is 8. The number of nitrogens with zero attached hydrogens (tertiary/aromatic N) is 3. The van der Waals surface area contributed by atoms with Crippen molar-refractivity contribution < 1.29 is 53.7 Å². The van der Waals surface area contributed by atoms with Gasteiger partial charge in [-0.3, -0.25) is 43.3 Å². The van der Waals surface area contributed by atoms with Crippen molar-refractivity contribution in [3.05, 3.63) is 48.5 Å². The summed E-state index contributed by atoms with van der Waals surface area (Å²) in [5, 5.41) is 44.6. The largest absolute Gasteiger partial charge is 0.481 e. The number of carboxylic acid groups (broad SMARTS) is 2. The highest BCUT2D eigenvalue weighted by molar-refractivity contribution is 8.00. The van der Waals surface area contributed by atoms with Gasteiger partial charge in [0.2, 0.25) is 35.4 Å². The molecule has 20 heteroatoms. The Morgan fingerprint density at radius 2 is 1.36 bits per heavy atom. The maximum absolute atomic E-state index is 12.4. The molecule has 2 aromatic carbocycles. The van der Waals surface area contributed by atoms with Crippen LogP contribution in [0.3, 0.4) is 0 Å². The fourth-order valence-electron chi connectivity index (χ4n) is 4.80. The number of imide groups is 1. The Hall–Kier alpha value is -5.73. The predicted molar refractivity (Wildman–Crippen MR) is 190 cm³/mol. The summed E-state index contributed by atoms with van der Waals surface area (Å²) in [6.45, 7) is -1.33. The number of aliphatic hydroxyl groups is 1. The number of hydrogen-bond acceptors (Lipinski definition) is 13. The third-order valence-corrected chi connectivity index (χ3v) is 8.74. The highest BCUT2D eigenvalue weighted by Crippen LogP contribution is 2.25. The number of nitrogens with two attached hydrogens (primary N) is 1. The van der Waals surface area contributed by atoms with Gasteiger partial charge < -0.3 is 42.3 Å². The lowest BCUT2D eigenvalue weighted by Gasteiger charge is -2.14. The lowest BCUT2D eigenvalue weighted by Crippen LogP contribution is -2.40. The van der Waals surface area contributed by atoms with Crippen LogP contribution in [0.4, 0.5) is 22.7 Å². The molecule has 0 saturated carbocycles. The number of carboxylic acids is 2. The predicted octanol–water partition coefficient (Wildman–Crippen LogP) is 0.738. The standard InChI is InChI=1S/C33H40N8O11S/c34-24(33(51)52)14-19(32(49)50)2-1-3-26(43)35-16-27(44)36-17-28(45)37-20-4-8-22(9-5-20)39-40-23-10-6-21(7-11-23)38-29(46)18-41-30(47)15-25(31(41)48)53-13-12-42/h4-11,19,24-25,42H,1-3,12-18,34H2,(H,35,43)(H,36,44)(H,37,45)(H,38,46)(H,49,50)(H,51,52)/t19?,24-,25?/m0/s1. The van der Waals surface area contributed by atoms with Crippen LogP contribution in [0.25, 0.3) is 0 Å². The number of aliphatic hydroxyl groups excluding tert-OH is 1. The number of rotatable bonds is 21. The molecule has 6 amide bonds. The van der Waals surface area contributed by atoms with E-state index in [-0.39, 0.29) is 45.3 Å². The normalized spacial score (nSPS) is 15.1. The molecule has 1 saturated heterocycles. The van der Waals surface area contributed by atoms with E-state index < -0.39 is 77.7 Å². The van der Waals surface area contributed by atoms with Gasteiger partial charge in [0.25, 0.3) is 0 Å². The summed E-state index contributed by atoms with van der Waals surface area (Å²) in [5.41, 5.74) is 7.15. The third kappa shape index (κ3) is 14.4. The van der Waals surface area contributed by atoms with E-state index in [9.17, 15) is 43.5 Å². The van der Waals surface area contributed by atoms with E-state index in [1.54, 1.807) is 48.5 Å². The van der Waals surface area contributed by atoms with Gasteiger partial charge in [-0.25, -0.2) is 0 Å². The number of carbonyl (C=O) groups is 8. The minimum Gasteiger partial charge on any atom is -0.481 e. The Kier molecular flexibility index (Phi) is 16.5. The average Bonchev–Trinajstić information content (AvgIpc) is 3.39. The molecule has 3 rings (SSSR count). The molecule has 1 aliphatic heterocycles. The zero-order valence-electron chi connectivity index (χ0n) is 28.4. The molecule has 19 nitrogen and oxygen atoms in total. The van der Waals surface area contributed by atoms with Crippen LogP contribution in [-0.2, 0) is 38.4 Å². The second kappa shape index (κ2) is 21.0. The van der Waals surface area contributed by atoms with Crippen LogP contribution in [0, 0.1) is 5.92 Å². The fraction of sp³-hybridized carbons (Fsp3) is 0.394. The second-order valence-electron chi connectivity index (χ2n) is 11.7. The Morgan fingerprint density at radius 3 is 1.91 bits per heavy atom. The van der Waals surface area contributed by atoms with E-state index >= 15 is 0 Å². The van der Waals surface area contributed by atoms with Gasteiger partial charge in [0.15, 0.2) is 0 Å². The number of benzene rings is 2. The van der Waals surface area contributed by atoms with Crippen LogP contribution in [-0.4, -0.2) is 111 Å². The van der Waals surface area contributed by atoms with Crippen LogP contribution >= 0.6 is 11.8 Å². The second-order valence-corrected chi connectivity index (χ2v) is 13.0. The lowest BCUT2D eigenvalue weighted by atomic mass is 9.94. The van der Waals surface area contributed by atoms with Gasteiger partial charge in [0, 0.05) is 30.0 Å². The maximum Gasteiger partial charge on any atom is 0.320 e. The van der Waals surface area contributed by atoms with Crippen molar-refractivity contribution in [1.82, 2.24) is 15.5 Å². The van der Waals surface area contributed by atoms with Crippen LogP contribution < -0.4 is 27.0 Å². The molecular weight excluding hydrogens is 716 g/mol. The van der Waals surface area contributed by atoms with Gasteiger partial charge in [0.1, 0.15) is 12.6 Å². The summed E-state index contributed by atoms with van der Waals surface area (Å²) in [4.78, 5) is 96.4. The van der Waals surface area contributed by atoms with Gasteiger partial charge >= 0.3 is 11.9 Å². The smallest absolute Gasteiger partial charge is 0.320 e. The molecule has 0 spiro atoms. The fourth-order valence-corrected chi connectivity index (χ4v) is 5.72. The Bertz CT molecular complexity index is 1690. The highest BCUT2D eigenvalue weighted by Gasteiger charge is 2.39. The molecule has 0 aliphatic carbocycles. The molecule has 0 bridgehead atoms. The first kappa shape index (κ1) is 41.7. The number of carbonyl (C=O) groups excluding carboxylic acids is 6. The summed E-state index contributed by atoms with van der Waals surface area (Å²) in [6, 6.07) is 11.3. The first-order valence-electron chi connectivity index (χ1n) is 16.3. The van der Waals surface area contributed by atoms with Crippen molar-refractivity contribution in [3.8, 4) is 0 Å². The molecule has 2 aromatic rings. The van der Waals surface area contributed by atoms with E-state index in [4.69, 9.17) is 15.9 Å². The van der Waals surface area contributed by atoms with Crippen molar-refractivity contribution in [2.75, 3.05) is 42.6 Å². The summed E-state index contributed by atoms with van der Waals surface area (Å²) >= 11 is 1.17. The summed E-state index contributed by atoms with van der Waals surface area (Å²) in [7, 11) is 0. The van der Waals surface area contributed by atoms with Crippen LogP contribution in [0.1, 0.15) is 32.1 Å². The number of nitrogens with one attached hydrogen (secondary N) is 4. The number of amides is 6. The molecule has 9 N–H and O–H groups in total. The van der Waals surface area contributed by atoms with E-state index in [0.717, 1.165) is 4.90 Å². The van der Waals surface area contributed by atoms with Crippen molar-refractivity contribution in [2.24, 2.45) is 21.9 Å². The van der Waals surface area contributed by atoms with Gasteiger partial charge in [-0.15, -0.1) is 11.8 Å².